The molecule has 1 atom stereocenters. The topological polar surface area (TPSA) is 64.6 Å². The second-order valence-corrected chi connectivity index (χ2v) is 6.27. The van der Waals surface area contributed by atoms with Gasteiger partial charge in [-0.15, -0.1) is 0 Å². The first-order chi connectivity index (χ1) is 12.3. The summed E-state index contributed by atoms with van der Waals surface area (Å²) in [6.07, 6.45) is -0.712. The van der Waals surface area contributed by atoms with Gasteiger partial charge in [-0.1, -0.05) is 23.7 Å². The summed E-state index contributed by atoms with van der Waals surface area (Å²) in [5, 5.41) is 2.97. The Bertz CT molecular complexity index is 819. The smallest absolute Gasteiger partial charge is 0.338 e. The number of rotatable bonds is 6. The number of anilines is 1. The molecule has 2 rings (SSSR count). The predicted molar refractivity (Wildman–Crippen MR) is 102 cm³/mol. The van der Waals surface area contributed by atoms with Gasteiger partial charge in [0.05, 0.1) is 22.9 Å². The molecular formula is C20H22ClNO4. The Morgan fingerprint density at radius 2 is 1.92 bits per heavy atom. The molecule has 1 amide bonds. The number of carbonyl (C=O) groups excluding carboxylic acids is 2. The van der Waals surface area contributed by atoms with Crippen molar-refractivity contribution in [1.82, 2.24) is 0 Å². The van der Waals surface area contributed by atoms with E-state index in [4.69, 9.17) is 21.1 Å². The monoisotopic (exact) mass is 375 g/mol. The summed E-state index contributed by atoms with van der Waals surface area (Å²) >= 11 is 6.17. The molecule has 0 aromatic heterocycles. The summed E-state index contributed by atoms with van der Waals surface area (Å²) in [6, 6.07) is 10.3. The first-order valence-corrected chi connectivity index (χ1v) is 8.71. The maximum Gasteiger partial charge on any atom is 0.338 e. The van der Waals surface area contributed by atoms with Gasteiger partial charge < -0.3 is 14.8 Å². The van der Waals surface area contributed by atoms with Crippen molar-refractivity contribution in [3.63, 3.8) is 0 Å². The van der Waals surface area contributed by atoms with Gasteiger partial charge in [-0.05, 0) is 63.1 Å². The van der Waals surface area contributed by atoms with Gasteiger partial charge in [0.2, 0.25) is 0 Å². The van der Waals surface area contributed by atoms with Crippen molar-refractivity contribution >= 4 is 29.2 Å². The Morgan fingerprint density at radius 3 is 2.58 bits per heavy atom. The van der Waals surface area contributed by atoms with Gasteiger partial charge in [-0.25, -0.2) is 4.79 Å². The van der Waals surface area contributed by atoms with E-state index in [-0.39, 0.29) is 17.5 Å². The number of benzene rings is 2. The lowest BCUT2D eigenvalue weighted by Gasteiger charge is -2.17. The Labute approximate surface area is 158 Å². The Hall–Kier alpha value is -2.53. The minimum Gasteiger partial charge on any atom is -0.481 e. The highest BCUT2D eigenvalue weighted by atomic mass is 35.5. The number of halogens is 1. The van der Waals surface area contributed by atoms with Crippen LogP contribution in [0.5, 0.6) is 5.75 Å². The maximum atomic E-state index is 12.4. The summed E-state index contributed by atoms with van der Waals surface area (Å²) in [6.45, 7) is 7.60. The van der Waals surface area contributed by atoms with Crippen LogP contribution in [-0.4, -0.2) is 24.6 Å². The molecule has 26 heavy (non-hydrogen) atoms. The van der Waals surface area contributed by atoms with Gasteiger partial charge in [-0.2, -0.15) is 0 Å². The lowest BCUT2D eigenvalue weighted by Crippen LogP contribution is -2.30. The molecule has 1 N–H and O–H groups in total. The van der Waals surface area contributed by atoms with E-state index in [9.17, 15) is 9.59 Å². The summed E-state index contributed by atoms with van der Waals surface area (Å²) < 4.78 is 10.7. The van der Waals surface area contributed by atoms with Crippen LogP contribution < -0.4 is 10.1 Å². The zero-order valence-corrected chi connectivity index (χ0v) is 16.0. The molecule has 2 aromatic rings. The zero-order valence-electron chi connectivity index (χ0n) is 15.3. The zero-order chi connectivity index (χ0) is 19.3. The van der Waals surface area contributed by atoms with Gasteiger partial charge in [0.15, 0.2) is 6.10 Å². The van der Waals surface area contributed by atoms with Gasteiger partial charge >= 0.3 is 5.97 Å². The fraction of sp³-hybridized carbons (Fsp3) is 0.300. The van der Waals surface area contributed by atoms with Crippen LogP contribution in [0.4, 0.5) is 5.69 Å². The van der Waals surface area contributed by atoms with Crippen LogP contribution in [-0.2, 0) is 9.53 Å². The minimum absolute atomic E-state index is 0.253. The second-order valence-electron chi connectivity index (χ2n) is 5.86. The summed E-state index contributed by atoms with van der Waals surface area (Å²) in [7, 11) is 0. The molecule has 0 aliphatic rings. The Morgan fingerprint density at radius 1 is 1.19 bits per heavy atom. The second kappa shape index (κ2) is 8.72. The van der Waals surface area contributed by atoms with Crippen molar-refractivity contribution in [2.45, 2.75) is 33.8 Å². The molecule has 6 heteroatoms. The number of hydrogen-bond acceptors (Lipinski definition) is 4. The normalized spacial score (nSPS) is 11.6. The SMILES string of the molecule is CCOC(=O)c1ccc(NC(=O)[C@@H](C)Oc2cccc(C)c2C)c(Cl)c1. The minimum atomic E-state index is -0.712. The van der Waals surface area contributed by atoms with Crippen LogP contribution in [0.25, 0.3) is 0 Å². The molecule has 0 fully saturated rings. The molecule has 5 nitrogen and oxygen atoms in total. The average Bonchev–Trinajstić information content (AvgIpc) is 2.60. The molecule has 0 saturated carbocycles. The molecule has 0 heterocycles. The number of carbonyl (C=O) groups is 2. The Balaban J connectivity index is 2.07. The van der Waals surface area contributed by atoms with Crippen LogP contribution >= 0.6 is 11.6 Å². The third-order valence-corrected chi connectivity index (χ3v) is 4.28. The highest BCUT2D eigenvalue weighted by molar-refractivity contribution is 6.34. The molecule has 0 unspecified atom stereocenters. The number of esters is 1. The van der Waals surface area contributed by atoms with Crippen molar-refractivity contribution in [2.24, 2.45) is 0 Å². The molecule has 0 aliphatic heterocycles. The standard InChI is InChI=1S/C20H22ClNO4/c1-5-25-20(24)15-9-10-17(16(21)11-15)22-19(23)14(4)26-18-8-6-7-12(2)13(18)3/h6-11,14H,5H2,1-4H3,(H,22,23)/t14-/m1/s1. The average molecular weight is 376 g/mol. The summed E-state index contributed by atoms with van der Waals surface area (Å²) in [5.41, 5.74) is 2.81. The lowest BCUT2D eigenvalue weighted by molar-refractivity contribution is -0.122. The van der Waals surface area contributed by atoms with E-state index in [1.54, 1.807) is 26.0 Å². The van der Waals surface area contributed by atoms with Gasteiger partial charge in [0.25, 0.3) is 5.91 Å². The summed E-state index contributed by atoms with van der Waals surface area (Å²) in [4.78, 5) is 24.1. The van der Waals surface area contributed by atoms with E-state index in [0.29, 0.717) is 17.0 Å². The van der Waals surface area contributed by atoms with E-state index in [0.717, 1.165) is 11.1 Å². The largest absolute Gasteiger partial charge is 0.481 e. The molecule has 0 aliphatic carbocycles. The van der Waals surface area contributed by atoms with Crippen LogP contribution in [0.2, 0.25) is 5.02 Å². The van der Waals surface area contributed by atoms with Crippen LogP contribution in [0.3, 0.4) is 0 Å². The van der Waals surface area contributed by atoms with E-state index in [1.807, 2.05) is 32.0 Å². The van der Waals surface area contributed by atoms with Crippen LogP contribution in [0.15, 0.2) is 36.4 Å². The van der Waals surface area contributed by atoms with Crippen molar-refractivity contribution < 1.29 is 19.1 Å². The fourth-order valence-corrected chi connectivity index (χ4v) is 2.52. The van der Waals surface area contributed by atoms with E-state index in [1.165, 1.54) is 6.07 Å². The van der Waals surface area contributed by atoms with Gasteiger partial charge in [-0.3, -0.25) is 4.79 Å². The third-order valence-electron chi connectivity index (χ3n) is 3.97. The molecule has 2 aromatic carbocycles. The van der Waals surface area contributed by atoms with E-state index < -0.39 is 12.1 Å². The molecule has 0 bridgehead atoms. The number of ether oxygens (including phenoxy) is 2. The molecular weight excluding hydrogens is 354 g/mol. The van der Waals surface area contributed by atoms with Crippen LogP contribution in [0.1, 0.15) is 35.3 Å². The van der Waals surface area contributed by atoms with Gasteiger partial charge in [0.1, 0.15) is 5.75 Å². The maximum absolute atomic E-state index is 12.4. The number of amides is 1. The number of aryl methyl sites for hydroxylation is 1. The molecule has 0 radical (unpaired) electrons. The third kappa shape index (κ3) is 4.76. The lowest BCUT2D eigenvalue weighted by atomic mass is 10.1. The first-order valence-electron chi connectivity index (χ1n) is 8.34. The highest BCUT2D eigenvalue weighted by Crippen LogP contribution is 2.25. The molecule has 0 saturated heterocycles. The molecule has 138 valence electrons. The van der Waals surface area contributed by atoms with E-state index in [2.05, 4.69) is 5.32 Å². The van der Waals surface area contributed by atoms with Crippen LogP contribution in [0, 0.1) is 13.8 Å². The fourth-order valence-electron chi connectivity index (χ4n) is 2.29. The summed E-state index contributed by atoms with van der Waals surface area (Å²) in [5.74, 6) is -0.132. The van der Waals surface area contributed by atoms with E-state index >= 15 is 0 Å². The highest BCUT2D eigenvalue weighted by Gasteiger charge is 2.18. The number of nitrogens with one attached hydrogen (secondary N) is 1. The van der Waals surface area contributed by atoms with Crippen molar-refractivity contribution in [3.8, 4) is 5.75 Å². The Kier molecular flexibility index (Phi) is 6.64. The van der Waals surface area contributed by atoms with Crippen molar-refractivity contribution in [1.29, 1.82) is 0 Å². The first kappa shape index (κ1) is 19.8. The number of hydrogen-bond donors (Lipinski definition) is 1. The van der Waals surface area contributed by atoms with Gasteiger partial charge in [0, 0.05) is 0 Å². The van der Waals surface area contributed by atoms with Crippen molar-refractivity contribution in [3.05, 3.63) is 58.1 Å². The predicted octanol–water partition coefficient (Wildman–Crippen LogP) is 4.54. The van der Waals surface area contributed by atoms with Crippen molar-refractivity contribution in [2.75, 3.05) is 11.9 Å². The quantitative estimate of drug-likeness (QED) is 0.753. The molecule has 0 spiro atoms.